The van der Waals surface area contributed by atoms with E-state index in [9.17, 15) is 4.79 Å². The second-order valence-electron chi connectivity index (χ2n) is 4.15. The van der Waals surface area contributed by atoms with E-state index in [0.717, 1.165) is 20.9 Å². The van der Waals surface area contributed by atoms with Gasteiger partial charge in [0.2, 0.25) is 0 Å². The lowest BCUT2D eigenvalue weighted by Crippen LogP contribution is -2.25. The number of nitrogens with one attached hydrogen (secondary N) is 1. The van der Waals surface area contributed by atoms with E-state index in [2.05, 4.69) is 42.3 Å². The molecule has 6 heteroatoms. The molecule has 0 bridgehead atoms. The summed E-state index contributed by atoms with van der Waals surface area (Å²) in [6.07, 6.45) is 4.52. The number of hydrogen-bond donors (Lipinski definition) is 1. The van der Waals surface area contributed by atoms with Gasteiger partial charge in [0.25, 0.3) is 5.91 Å². The fourth-order valence-corrected chi connectivity index (χ4v) is 2.92. The molecule has 0 unspecified atom stereocenters. The maximum absolute atomic E-state index is 12.0. The van der Waals surface area contributed by atoms with Crippen molar-refractivity contribution in [3.05, 3.63) is 50.7 Å². The van der Waals surface area contributed by atoms with Gasteiger partial charge in [0.05, 0.1) is 11.8 Å². The van der Waals surface area contributed by atoms with Crippen LogP contribution in [0.25, 0.3) is 0 Å². The van der Waals surface area contributed by atoms with Gasteiger partial charge in [0.15, 0.2) is 0 Å². The second-order valence-corrected chi connectivity index (χ2v) is 5.92. The van der Waals surface area contributed by atoms with Crippen molar-refractivity contribution in [1.82, 2.24) is 15.1 Å². The van der Waals surface area contributed by atoms with Gasteiger partial charge in [0.1, 0.15) is 0 Å². The van der Waals surface area contributed by atoms with Gasteiger partial charge >= 0.3 is 0 Å². The predicted molar refractivity (Wildman–Crippen MR) is 81.1 cm³/mol. The smallest absolute Gasteiger partial charge is 0.252 e. The highest BCUT2D eigenvalue weighted by Gasteiger charge is 2.09. The molecule has 0 aliphatic heterocycles. The Kier molecular flexibility index (Phi) is 4.76. The normalized spacial score (nSPS) is 10.5. The molecule has 19 heavy (non-hydrogen) atoms. The third kappa shape index (κ3) is 3.91. The first-order valence-electron chi connectivity index (χ1n) is 5.77. The number of aromatic nitrogens is 2. The molecule has 0 atom stereocenters. The van der Waals surface area contributed by atoms with E-state index in [-0.39, 0.29) is 5.91 Å². The van der Waals surface area contributed by atoms with Crippen molar-refractivity contribution in [2.75, 3.05) is 6.54 Å². The third-order valence-electron chi connectivity index (χ3n) is 2.63. The summed E-state index contributed by atoms with van der Waals surface area (Å²) in [7, 11) is 1.88. The number of rotatable bonds is 4. The topological polar surface area (TPSA) is 46.9 Å². The molecule has 100 valence electrons. The summed E-state index contributed by atoms with van der Waals surface area (Å²) in [6, 6.07) is 5.49. The average Bonchev–Trinajstić information content (AvgIpc) is 2.75. The van der Waals surface area contributed by atoms with Gasteiger partial charge in [0, 0.05) is 28.7 Å². The molecular formula is C13H13Br2N3O. The van der Waals surface area contributed by atoms with Crippen LogP contribution in [0.2, 0.25) is 0 Å². The fraction of sp³-hybridized carbons (Fsp3) is 0.231. The molecule has 1 N–H and O–H groups in total. The van der Waals surface area contributed by atoms with Crippen LogP contribution in [0.15, 0.2) is 39.5 Å². The largest absolute Gasteiger partial charge is 0.352 e. The Morgan fingerprint density at radius 3 is 2.84 bits per heavy atom. The summed E-state index contributed by atoms with van der Waals surface area (Å²) < 4.78 is 3.47. The van der Waals surface area contributed by atoms with Gasteiger partial charge in [-0.25, -0.2) is 0 Å². The summed E-state index contributed by atoms with van der Waals surface area (Å²) in [5, 5.41) is 6.98. The second kappa shape index (κ2) is 6.34. The van der Waals surface area contributed by atoms with Crippen molar-refractivity contribution in [1.29, 1.82) is 0 Å². The Labute approximate surface area is 128 Å². The standard InChI is InChI=1S/C13H13Br2N3O/c1-18-8-9(7-17-18)4-5-16-13(19)11-3-2-10(14)6-12(11)15/h2-3,6-8H,4-5H2,1H3,(H,16,19). The molecule has 0 saturated heterocycles. The van der Waals surface area contributed by atoms with E-state index in [0.29, 0.717) is 12.1 Å². The van der Waals surface area contributed by atoms with Gasteiger partial charge in [-0.15, -0.1) is 0 Å². The number of carbonyl (C=O) groups excluding carboxylic acids is 1. The minimum Gasteiger partial charge on any atom is -0.352 e. The predicted octanol–water partition coefficient (Wildman–Crippen LogP) is 2.92. The molecule has 0 spiro atoms. The molecule has 0 radical (unpaired) electrons. The van der Waals surface area contributed by atoms with E-state index in [4.69, 9.17) is 0 Å². The van der Waals surface area contributed by atoms with Gasteiger partial charge in [-0.05, 0) is 46.1 Å². The number of aryl methyl sites for hydroxylation is 1. The Balaban J connectivity index is 1.90. The number of carbonyl (C=O) groups is 1. The van der Waals surface area contributed by atoms with Crippen LogP contribution in [0.4, 0.5) is 0 Å². The van der Waals surface area contributed by atoms with Crippen LogP contribution in [0.5, 0.6) is 0 Å². The first-order chi connectivity index (χ1) is 9.06. The van der Waals surface area contributed by atoms with Gasteiger partial charge in [-0.3, -0.25) is 9.48 Å². The maximum atomic E-state index is 12.0. The molecular weight excluding hydrogens is 374 g/mol. The first-order valence-corrected chi connectivity index (χ1v) is 7.35. The van der Waals surface area contributed by atoms with Crippen molar-refractivity contribution < 1.29 is 4.79 Å². The number of nitrogens with zero attached hydrogens (tertiary/aromatic N) is 2. The van der Waals surface area contributed by atoms with Crippen LogP contribution in [-0.4, -0.2) is 22.2 Å². The molecule has 0 aliphatic carbocycles. The molecule has 1 heterocycles. The molecule has 2 aromatic rings. The van der Waals surface area contributed by atoms with Crippen molar-refractivity contribution in [3.63, 3.8) is 0 Å². The molecule has 4 nitrogen and oxygen atoms in total. The minimum atomic E-state index is -0.0803. The monoisotopic (exact) mass is 385 g/mol. The number of halogens is 2. The lowest BCUT2D eigenvalue weighted by atomic mass is 10.2. The Morgan fingerprint density at radius 1 is 1.42 bits per heavy atom. The fourth-order valence-electron chi connectivity index (χ4n) is 1.69. The summed E-state index contributed by atoms with van der Waals surface area (Å²) in [6.45, 7) is 0.590. The highest BCUT2D eigenvalue weighted by atomic mass is 79.9. The maximum Gasteiger partial charge on any atom is 0.252 e. The van der Waals surface area contributed by atoms with Crippen LogP contribution in [-0.2, 0) is 13.5 Å². The highest BCUT2D eigenvalue weighted by Crippen LogP contribution is 2.21. The molecule has 0 aliphatic rings. The number of hydrogen-bond acceptors (Lipinski definition) is 2. The molecule has 1 aromatic heterocycles. The number of amides is 1. The minimum absolute atomic E-state index is 0.0803. The Morgan fingerprint density at radius 2 is 2.21 bits per heavy atom. The average molecular weight is 387 g/mol. The van der Waals surface area contributed by atoms with Crippen LogP contribution in [0.1, 0.15) is 15.9 Å². The van der Waals surface area contributed by atoms with Crippen molar-refractivity contribution in [2.24, 2.45) is 7.05 Å². The third-order valence-corrected chi connectivity index (χ3v) is 3.78. The molecule has 0 saturated carbocycles. The van der Waals surface area contributed by atoms with Gasteiger partial charge in [-0.1, -0.05) is 15.9 Å². The van der Waals surface area contributed by atoms with E-state index in [1.54, 1.807) is 10.7 Å². The Bertz CT molecular complexity index is 595. The van der Waals surface area contributed by atoms with Crippen molar-refractivity contribution in [2.45, 2.75) is 6.42 Å². The van der Waals surface area contributed by atoms with Crippen LogP contribution in [0.3, 0.4) is 0 Å². The van der Waals surface area contributed by atoms with Gasteiger partial charge < -0.3 is 5.32 Å². The van der Waals surface area contributed by atoms with Crippen LogP contribution >= 0.6 is 31.9 Å². The molecule has 1 aromatic carbocycles. The number of benzene rings is 1. The summed E-state index contributed by atoms with van der Waals surface area (Å²) in [4.78, 5) is 12.0. The molecule has 0 fully saturated rings. The zero-order chi connectivity index (χ0) is 13.8. The molecule has 1 amide bonds. The SMILES string of the molecule is Cn1cc(CCNC(=O)c2ccc(Br)cc2Br)cn1. The quantitative estimate of drug-likeness (QED) is 0.878. The first kappa shape index (κ1) is 14.3. The molecule has 2 rings (SSSR count). The van der Waals surface area contributed by atoms with Crippen LogP contribution < -0.4 is 5.32 Å². The Hall–Kier alpha value is -1.14. The van der Waals surface area contributed by atoms with E-state index < -0.39 is 0 Å². The lowest BCUT2D eigenvalue weighted by Gasteiger charge is -2.06. The summed E-state index contributed by atoms with van der Waals surface area (Å²) >= 11 is 6.74. The van der Waals surface area contributed by atoms with E-state index in [1.807, 2.05) is 31.6 Å². The summed E-state index contributed by atoms with van der Waals surface area (Å²) in [5.41, 5.74) is 1.74. The highest BCUT2D eigenvalue weighted by molar-refractivity contribution is 9.11. The van der Waals surface area contributed by atoms with Gasteiger partial charge in [-0.2, -0.15) is 5.10 Å². The zero-order valence-corrected chi connectivity index (χ0v) is 13.5. The van der Waals surface area contributed by atoms with E-state index >= 15 is 0 Å². The van der Waals surface area contributed by atoms with E-state index in [1.165, 1.54) is 0 Å². The summed E-state index contributed by atoms with van der Waals surface area (Å²) in [5.74, 6) is -0.0803. The lowest BCUT2D eigenvalue weighted by molar-refractivity contribution is 0.0953. The van der Waals surface area contributed by atoms with Crippen LogP contribution in [0, 0.1) is 0 Å². The zero-order valence-electron chi connectivity index (χ0n) is 10.4. The van der Waals surface area contributed by atoms with Crippen molar-refractivity contribution in [3.8, 4) is 0 Å². The van der Waals surface area contributed by atoms with Crippen molar-refractivity contribution >= 4 is 37.8 Å².